The number of carbonyl (C=O) groups excluding carboxylic acids is 1. The van der Waals surface area contributed by atoms with Gasteiger partial charge in [-0.3, -0.25) is 9.78 Å². The second-order valence-electron chi connectivity index (χ2n) is 4.58. The van der Waals surface area contributed by atoms with Crippen LogP contribution in [-0.4, -0.2) is 43.0 Å². The average Bonchev–Trinajstić information content (AvgIpc) is 3.19. The lowest BCUT2D eigenvalue weighted by molar-refractivity contribution is 0.0791. The lowest BCUT2D eigenvalue weighted by atomic mass is 10.2. The van der Waals surface area contributed by atoms with E-state index in [1.54, 1.807) is 11.9 Å². The molecule has 0 aliphatic heterocycles. The van der Waals surface area contributed by atoms with Crippen LogP contribution in [0.2, 0.25) is 0 Å². The van der Waals surface area contributed by atoms with Gasteiger partial charge in [-0.05, 0) is 37.4 Å². The van der Waals surface area contributed by atoms with Crippen molar-refractivity contribution in [3.05, 3.63) is 29.6 Å². The van der Waals surface area contributed by atoms with Crippen molar-refractivity contribution in [3.63, 3.8) is 0 Å². The summed E-state index contributed by atoms with van der Waals surface area (Å²) < 4.78 is 0. The number of carbonyl (C=O) groups is 1. The highest BCUT2D eigenvalue weighted by Gasteiger charge is 2.24. The van der Waals surface area contributed by atoms with Gasteiger partial charge in [0.05, 0.1) is 0 Å². The number of nitrogens with zero attached hydrogens (tertiary/aromatic N) is 2. The van der Waals surface area contributed by atoms with Crippen molar-refractivity contribution < 1.29 is 4.79 Å². The maximum Gasteiger partial charge on any atom is 0.272 e. The molecule has 0 radical (unpaired) electrons. The standard InChI is InChI=1S/C13H19N3O.2ClH/c1-14-7-8-16(2)13(17)12-6-5-11(9-15-12)10-3-4-10;;/h5-6,9-10,14H,3-4,7-8H2,1-2H3;2*1H. The number of amides is 1. The molecule has 1 aliphatic rings. The van der Waals surface area contributed by atoms with E-state index in [-0.39, 0.29) is 30.7 Å². The van der Waals surface area contributed by atoms with E-state index in [9.17, 15) is 4.79 Å². The number of rotatable bonds is 5. The molecule has 6 heteroatoms. The summed E-state index contributed by atoms with van der Waals surface area (Å²) >= 11 is 0. The molecular formula is C13H21Cl2N3O. The van der Waals surface area contributed by atoms with E-state index in [2.05, 4.69) is 10.3 Å². The van der Waals surface area contributed by atoms with Gasteiger partial charge in [0.15, 0.2) is 0 Å². The van der Waals surface area contributed by atoms with Crippen LogP contribution >= 0.6 is 24.8 Å². The largest absolute Gasteiger partial charge is 0.339 e. The maximum atomic E-state index is 12.0. The molecule has 1 fully saturated rings. The third-order valence-electron chi connectivity index (χ3n) is 3.10. The summed E-state index contributed by atoms with van der Waals surface area (Å²) in [7, 11) is 3.68. The second-order valence-corrected chi connectivity index (χ2v) is 4.58. The van der Waals surface area contributed by atoms with Gasteiger partial charge in [-0.15, -0.1) is 24.8 Å². The summed E-state index contributed by atoms with van der Waals surface area (Å²) in [5.74, 6) is 0.677. The third kappa shape index (κ3) is 4.97. The number of nitrogens with one attached hydrogen (secondary N) is 1. The zero-order chi connectivity index (χ0) is 12.3. The highest BCUT2D eigenvalue weighted by molar-refractivity contribution is 5.92. The molecule has 0 saturated heterocycles. The fourth-order valence-corrected chi connectivity index (χ4v) is 1.77. The first kappa shape index (κ1) is 18.2. The van der Waals surface area contributed by atoms with Gasteiger partial charge in [0.2, 0.25) is 0 Å². The van der Waals surface area contributed by atoms with E-state index >= 15 is 0 Å². The predicted octanol–water partition coefficient (Wildman–Crippen LogP) is 2.09. The Labute approximate surface area is 126 Å². The van der Waals surface area contributed by atoms with Crippen molar-refractivity contribution >= 4 is 30.7 Å². The van der Waals surface area contributed by atoms with E-state index in [1.165, 1.54) is 18.4 Å². The molecule has 2 rings (SSSR count). The third-order valence-corrected chi connectivity index (χ3v) is 3.10. The molecule has 0 aromatic carbocycles. The topological polar surface area (TPSA) is 45.2 Å². The monoisotopic (exact) mass is 305 g/mol. The van der Waals surface area contributed by atoms with Gasteiger partial charge in [-0.1, -0.05) is 6.07 Å². The molecule has 1 N–H and O–H groups in total. The predicted molar refractivity (Wildman–Crippen MR) is 81.6 cm³/mol. The number of hydrogen-bond acceptors (Lipinski definition) is 3. The molecule has 0 atom stereocenters. The Balaban J connectivity index is 0.00000162. The van der Waals surface area contributed by atoms with Gasteiger partial charge >= 0.3 is 0 Å². The Kier molecular flexibility index (Phi) is 7.99. The van der Waals surface area contributed by atoms with Crippen LogP contribution in [0.1, 0.15) is 34.8 Å². The first-order chi connectivity index (χ1) is 8.22. The molecule has 1 aromatic rings. The first-order valence-electron chi connectivity index (χ1n) is 6.08. The van der Waals surface area contributed by atoms with E-state index in [0.29, 0.717) is 18.2 Å². The molecule has 1 saturated carbocycles. The van der Waals surface area contributed by atoms with Gasteiger partial charge in [0, 0.05) is 26.3 Å². The van der Waals surface area contributed by atoms with E-state index in [4.69, 9.17) is 0 Å². The Bertz CT molecular complexity index is 393. The zero-order valence-electron chi connectivity index (χ0n) is 11.3. The molecule has 108 valence electrons. The van der Waals surface area contributed by atoms with Crippen LogP contribution in [0.4, 0.5) is 0 Å². The van der Waals surface area contributed by atoms with Crippen molar-refractivity contribution in [2.45, 2.75) is 18.8 Å². The molecule has 0 spiro atoms. The molecule has 1 heterocycles. The lowest BCUT2D eigenvalue weighted by Gasteiger charge is -2.16. The molecule has 0 unspecified atom stereocenters. The number of likely N-dealkylation sites (N-methyl/N-ethyl adjacent to an activating group) is 2. The minimum atomic E-state index is -0.0115. The first-order valence-corrected chi connectivity index (χ1v) is 6.08. The normalized spacial score (nSPS) is 13.2. The summed E-state index contributed by atoms with van der Waals surface area (Å²) in [6.07, 6.45) is 4.37. The molecule has 1 amide bonds. The highest BCUT2D eigenvalue weighted by Crippen LogP contribution is 2.39. The number of aromatic nitrogens is 1. The summed E-state index contributed by atoms with van der Waals surface area (Å²) in [6.45, 7) is 1.49. The number of pyridine rings is 1. The van der Waals surface area contributed by atoms with Crippen molar-refractivity contribution in [1.82, 2.24) is 15.2 Å². The summed E-state index contributed by atoms with van der Waals surface area (Å²) in [4.78, 5) is 17.9. The Hall–Kier alpha value is -0.840. The van der Waals surface area contributed by atoms with Gasteiger partial charge in [-0.25, -0.2) is 0 Å². The number of halogens is 2. The molecular weight excluding hydrogens is 285 g/mol. The quantitative estimate of drug-likeness (QED) is 0.906. The summed E-state index contributed by atoms with van der Waals surface area (Å²) in [6, 6.07) is 3.87. The van der Waals surface area contributed by atoms with Gasteiger partial charge < -0.3 is 10.2 Å². The van der Waals surface area contributed by atoms with Crippen LogP contribution in [0.5, 0.6) is 0 Å². The van der Waals surface area contributed by atoms with Gasteiger partial charge in [0.25, 0.3) is 5.91 Å². The average molecular weight is 306 g/mol. The minimum absolute atomic E-state index is 0. The molecule has 0 bridgehead atoms. The van der Waals surface area contributed by atoms with E-state index in [1.807, 2.05) is 25.4 Å². The Morgan fingerprint density at radius 2 is 2.11 bits per heavy atom. The van der Waals surface area contributed by atoms with Crippen LogP contribution in [0, 0.1) is 0 Å². The number of hydrogen-bond donors (Lipinski definition) is 1. The van der Waals surface area contributed by atoms with Crippen molar-refractivity contribution in [2.24, 2.45) is 0 Å². The van der Waals surface area contributed by atoms with Crippen molar-refractivity contribution in [3.8, 4) is 0 Å². The van der Waals surface area contributed by atoms with Crippen LogP contribution in [0.25, 0.3) is 0 Å². The Morgan fingerprint density at radius 3 is 2.58 bits per heavy atom. The van der Waals surface area contributed by atoms with Crippen LogP contribution < -0.4 is 5.32 Å². The molecule has 1 aliphatic carbocycles. The summed E-state index contributed by atoms with van der Waals surface area (Å²) in [5, 5.41) is 3.02. The lowest BCUT2D eigenvalue weighted by Crippen LogP contribution is -2.33. The van der Waals surface area contributed by atoms with Crippen molar-refractivity contribution in [2.75, 3.05) is 27.2 Å². The smallest absolute Gasteiger partial charge is 0.272 e. The molecule has 4 nitrogen and oxygen atoms in total. The fourth-order valence-electron chi connectivity index (χ4n) is 1.77. The van der Waals surface area contributed by atoms with E-state index < -0.39 is 0 Å². The molecule has 1 aromatic heterocycles. The van der Waals surface area contributed by atoms with Gasteiger partial charge in [-0.2, -0.15) is 0 Å². The minimum Gasteiger partial charge on any atom is -0.339 e. The maximum absolute atomic E-state index is 12.0. The highest BCUT2D eigenvalue weighted by atomic mass is 35.5. The Morgan fingerprint density at radius 1 is 1.42 bits per heavy atom. The van der Waals surface area contributed by atoms with Crippen LogP contribution in [0.3, 0.4) is 0 Å². The van der Waals surface area contributed by atoms with Crippen LogP contribution in [0.15, 0.2) is 18.3 Å². The zero-order valence-corrected chi connectivity index (χ0v) is 12.9. The van der Waals surface area contributed by atoms with Gasteiger partial charge in [0.1, 0.15) is 5.69 Å². The van der Waals surface area contributed by atoms with E-state index in [0.717, 1.165) is 6.54 Å². The molecule has 19 heavy (non-hydrogen) atoms. The second kappa shape index (κ2) is 8.35. The van der Waals surface area contributed by atoms with Crippen LogP contribution in [-0.2, 0) is 0 Å². The SMILES string of the molecule is CNCCN(C)C(=O)c1ccc(C2CC2)cn1.Cl.Cl. The summed E-state index contributed by atoms with van der Waals surface area (Å²) in [5.41, 5.74) is 1.80. The fraction of sp³-hybridized carbons (Fsp3) is 0.538. The van der Waals surface area contributed by atoms with Crippen molar-refractivity contribution in [1.29, 1.82) is 0 Å².